The van der Waals surface area contributed by atoms with Crippen molar-refractivity contribution in [3.05, 3.63) is 29.0 Å². The number of hydrogen-bond acceptors (Lipinski definition) is 4. The van der Waals surface area contributed by atoms with Gasteiger partial charge in [-0.3, -0.25) is 4.79 Å². The van der Waals surface area contributed by atoms with Crippen LogP contribution in [-0.2, 0) is 9.53 Å². The molecule has 18 heavy (non-hydrogen) atoms. The summed E-state index contributed by atoms with van der Waals surface area (Å²) in [5, 5.41) is 2.69. The molecule has 1 heterocycles. The van der Waals surface area contributed by atoms with Crippen molar-refractivity contribution in [1.29, 1.82) is 0 Å². The fourth-order valence-corrected chi connectivity index (χ4v) is 1.60. The molecule has 0 aliphatic heterocycles. The normalized spacial score (nSPS) is 12.1. The molecule has 0 spiro atoms. The maximum absolute atomic E-state index is 12.0. The van der Waals surface area contributed by atoms with Gasteiger partial charge in [0, 0.05) is 6.20 Å². The number of rotatable bonds is 4. The average molecular weight is 271 g/mol. The van der Waals surface area contributed by atoms with Gasteiger partial charge < -0.3 is 10.1 Å². The Balaban J connectivity index is 2.86. The first-order valence-electron chi connectivity index (χ1n) is 5.46. The standard InChI is InChI=1S/C12H15ClN2O3/c1-7(2)9(12(17)18-3)15-11(16)8-5-4-6-14-10(8)13/h4-7,9H,1-3H3,(H,15,16)/t9-/m0/s1. The fourth-order valence-electron chi connectivity index (χ4n) is 1.40. The predicted molar refractivity (Wildman–Crippen MR) is 67.4 cm³/mol. The minimum absolute atomic E-state index is 0.0863. The maximum Gasteiger partial charge on any atom is 0.328 e. The number of carbonyl (C=O) groups excluding carboxylic acids is 2. The van der Waals surface area contributed by atoms with Gasteiger partial charge in [0.25, 0.3) is 5.91 Å². The summed E-state index contributed by atoms with van der Waals surface area (Å²) in [5.41, 5.74) is 0.230. The molecule has 0 aliphatic rings. The lowest BCUT2D eigenvalue weighted by molar-refractivity contribution is -0.144. The molecular weight excluding hydrogens is 256 g/mol. The second-order valence-electron chi connectivity index (χ2n) is 4.06. The van der Waals surface area contributed by atoms with Crippen molar-refractivity contribution < 1.29 is 14.3 Å². The summed E-state index contributed by atoms with van der Waals surface area (Å²) in [5.74, 6) is -1.02. The van der Waals surface area contributed by atoms with E-state index in [4.69, 9.17) is 11.6 Å². The summed E-state index contributed by atoms with van der Waals surface area (Å²) < 4.78 is 4.64. The first-order chi connectivity index (χ1) is 8.47. The molecule has 6 heteroatoms. The number of amides is 1. The molecule has 1 rings (SSSR count). The largest absolute Gasteiger partial charge is 0.467 e. The Bertz CT molecular complexity index is 449. The van der Waals surface area contributed by atoms with Gasteiger partial charge in [0.1, 0.15) is 11.2 Å². The number of pyridine rings is 1. The van der Waals surface area contributed by atoms with E-state index in [0.29, 0.717) is 0 Å². The number of esters is 1. The van der Waals surface area contributed by atoms with E-state index in [0.717, 1.165) is 0 Å². The molecule has 0 unspecified atom stereocenters. The summed E-state index contributed by atoms with van der Waals surface area (Å²) in [6, 6.07) is 2.43. The van der Waals surface area contributed by atoms with Gasteiger partial charge >= 0.3 is 5.97 Å². The van der Waals surface area contributed by atoms with E-state index in [1.807, 2.05) is 13.8 Å². The third kappa shape index (κ3) is 3.43. The zero-order valence-electron chi connectivity index (χ0n) is 10.4. The SMILES string of the molecule is COC(=O)[C@@H](NC(=O)c1cccnc1Cl)C(C)C. The van der Waals surface area contributed by atoms with Crippen LogP contribution in [-0.4, -0.2) is 30.0 Å². The molecule has 1 amide bonds. The van der Waals surface area contributed by atoms with Gasteiger partial charge in [0.15, 0.2) is 0 Å². The topological polar surface area (TPSA) is 68.3 Å². The van der Waals surface area contributed by atoms with Gasteiger partial charge in [-0.2, -0.15) is 0 Å². The molecule has 1 N–H and O–H groups in total. The molecule has 0 saturated heterocycles. The highest BCUT2D eigenvalue weighted by molar-refractivity contribution is 6.32. The second kappa shape index (κ2) is 6.35. The van der Waals surface area contributed by atoms with Gasteiger partial charge in [-0.1, -0.05) is 25.4 Å². The van der Waals surface area contributed by atoms with Crippen molar-refractivity contribution in [1.82, 2.24) is 10.3 Å². The molecule has 1 aromatic heterocycles. The zero-order valence-corrected chi connectivity index (χ0v) is 11.2. The quantitative estimate of drug-likeness (QED) is 0.667. The molecule has 0 bridgehead atoms. The fraction of sp³-hybridized carbons (Fsp3) is 0.417. The Morgan fingerprint density at radius 2 is 2.11 bits per heavy atom. The van der Waals surface area contributed by atoms with E-state index < -0.39 is 17.9 Å². The number of nitrogens with one attached hydrogen (secondary N) is 1. The smallest absolute Gasteiger partial charge is 0.328 e. The Kier molecular flexibility index (Phi) is 5.09. The monoisotopic (exact) mass is 270 g/mol. The molecule has 0 saturated carbocycles. The Morgan fingerprint density at radius 1 is 1.44 bits per heavy atom. The predicted octanol–water partition coefficient (Wildman–Crippen LogP) is 1.66. The van der Waals surface area contributed by atoms with Crippen LogP contribution in [0.4, 0.5) is 0 Å². The van der Waals surface area contributed by atoms with Gasteiger partial charge in [0.2, 0.25) is 0 Å². The number of ether oxygens (including phenoxy) is 1. The van der Waals surface area contributed by atoms with Crippen LogP contribution in [0.15, 0.2) is 18.3 Å². The van der Waals surface area contributed by atoms with Crippen LogP contribution in [0.2, 0.25) is 5.15 Å². The molecule has 0 radical (unpaired) electrons. The van der Waals surface area contributed by atoms with E-state index in [1.165, 1.54) is 13.3 Å². The highest BCUT2D eigenvalue weighted by Gasteiger charge is 2.26. The molecular formula is C12H15ClN2O3. The van der Waals surface area contributed by atoms with Crippen molar-refractivity contribution in [2.75, 3.05) is 7.11 Å². The molecule has 0 fully saturated rings. The summed E-state index contributed by atoms with van der Waals surface area (Å²) in [6.45, 7) is 3.62. The Hall–Kier alpha value is -1.62. The van der Waals surface area contributed by atoms with E-state index >= 15 is 0 Å². The number of carbonyl (C=O) groups is 2. The number of hydrogen-bond donors (Lipinski definition) is 1. The molecule has 0 aromatic carbocycles. The lowest BCUT2D eigenvalue weighted by Gasteiger charge is -2.19. The van der Waals surface area contributed by atoms with Crippen molar-refractivity contribution in [3.63, 3.8) is 0 Å². The molecule has 98 valence electrons. The number of nitrogens with zero attached hydrogens (tertiary/aromatic N) is 1. The average Bonchev–Trinajstić information content (AvgIpc) is 2.35. The van der Waals surface area contributed by atoms with Crippen LogP contribution >= 0.6 is 11.6 Å². The molecule has 1 aromatic rings. The second-order valence-corrected chi connectivity index (χ2v) is 4.42. The Morgan fingerprint density at radius 3 is 2.61 bits per heavy atom. The zero-order chi connectivity index (χ0) is 13.7. The van der Waals surface area contributed by atoms with Crippen LogP contribution in [0.25, 0.3) is 0 Å². The van der Waals surface area contributed by atoms with Crippen molar-refractivity contribution in [3.8, 4) is 0 Å². The van der Waals surface area contributed by atoms with Crippen LogP contribution in [0.5, 0.6) is 0 Å². The van der Waals surface area contributed by atoms with E-state index in [2.05, 4.69) is 15.0 Å². The van der Waals surface area contributed by atoms with Crippen LogP contribution in [0.1, 0.15) is 24.2 Å². The van der Waals surface area contributed by atoms with Crippen LogP contribution in [0, 0.1) is 5.92 Å². The first-order valence-corrected chi connectivity index (χ1v) is 5.84. The lowest BCUT2D eigenvalue weighted by atomic mass is 10.0. The number of aromatic nitrogens is 1. The molecule has 1 atom stereocenters. The summed E-state index contributed by atoms with van der Waals surface area (Å²) >= 11 is 5.81. The van der Waals surface area contributed by atoms with Crippen molar-refractivity contribution >= 4 is 23.5 Å². The first kappa shape index (κ1) is 14.4. The van der Waals surface area contributed by atoms with Crippen molar-refractivity contribution in [2.45, 2.75) is 19.9 Å². The summed E-state index contributed by atoms with van der Waals surface area (Å²) in [6.07, 6.45) is 1.49. The lowest BCUT2D eigenvalue weighted by Crippen LogP contribution is -2.45. The molecule has 5 nitrogen and oxygen atoms in total. The number of methoxy groups -OCH3 is 1. The van der Waals surface area contributed by atoms with E-state index in [1.54, 1.807) is 12.1 Å². The Labute approximate surface area is 110 Å². The summed E-state index contributed by atoms with van der Waals surface area (Å²) in [7, 11) is 1.28. The number of halogens is 1. The van der Waals surface area contributed by atoms with Gasteiger partial charge in [0.05, 0.1) is 12.7 Å². The van der Waals surface area contributed by atoms with Crippen LogP contribution < -0.4 is 5.32 Å². The third-order valence-corrected chi connectivity index (χ3v) is 2.71. The van der Waals surface area contributed by atoms with Crippen LogP contribution in [0.3, 0.4) is 0 Å². The third-order valence-electron chi connectivity index (χ3n) is 2.41. The maximum atomic E-state index is 12.0. The van der Waals surface area contributed by atoms with Gasteiger partial charge in [-0.05, 0) is 18.1 Å². The highest BCUT2D eigenvalue weighted by atomic mass is 35.5. The highest BCUT2D eigenvalue weighted by Crippen LogP contribution is 2.12. The van der Waals surface area contributed by atoms with Gasteiger partial charge in [-0.15, -0.1) is 0 Å². The van der Waals surface area contributed by atoms with Gasteiger partial charge in [-0.25, -0.2) is 9.78 Å². The minimum Gasteiger partial charge on any atom is -0.467 e. The minimum atomic E-state index is -0.709. The van der Waals surface area contributed by atoms with E-state index in [-0.39, 0.29) is 16.6 Å². The van der Waals surface area contributed by atoms with E-state index in [9.17, 15) is 9.59 Å². The van der Waals surface area contributed by atoms with Crippen molar-refractivity contribution in [2.24, 2.45) is 5.92 Å². The molecule has 0 aliphatic carbocycles. The summed E-state index contributed by atoms with van der Waals surface area (Å²) in [4.78, 5) is 27.3.